The van der Waals surface area contributed by atoms with Crippen molar-refractivity contribution in [2.24, 2.45) is 0 Å². The molecule has 0 heterocycles. The lowest BCUT2D eigenvalue weighted by atomic mass is 10.1. The molecule has 0 aliphatic carbocycles. The van der Waals surface area contributed by atoms with Gasteiger partial charge < -0.3 is 14.8 Å². The zero-order chi connectivity index (χ0) is 16.8. The minimum Gasteiger partial charge on any atom is -0.494 e. The zero-order valence-corrected chi connectivity index (χ0v) is 12.9. The van der Waals surface area contributed by atoms with Crippen LogP contribution in [0.3, 0.4) is 0 Å². The van der Waals surface area contributed by atoms with E-state index in [0.29, 0.717) is 6.54 Å². The molecule has 0 saturated carbocycles. The Labute approximate surface area is 133 Å². The molecular formula is C17H18F3NO2. The number of rotatable bonds is 7. The van der Waals surface area contributed by atoms with Crippen LogP contribution in [0.15, 0.2) is 42.5 Å². The van der Waals surface area contributed by atoms with Gasteiger partial charge in [0.25, 0.3) is 0 Å². The van der Waals surface area contributed by atoms with E-state index in [4.69, 9.17) is 4.74 Å². The molecule has 0 aliphatic heterocycles. The Kier molecular flexibility index (Phi) is 5.87. The van der Waals surface area contributed by atoms with Gasteiger partial charge in [0, 0.05) is 12.6 Å². The quantitative estimate of drug-likeness (QED) is 0.824. The van der Waals surface area contributed by atoms with Crippen molar-refractivity contribution in [2.75, 3.05) is 7.11 Å². The summed E-state index contributed by atoms with van der Waals surface area (Å²) >= 11 is 0. The van der Waals surface area contributed by atoms with Crippen molar-refractivity contribution in [2.45, 2.75) is 26.1 Å². The molecule has 2 rings (SSSR count). The fraction of sp³-hybridized carbons (Fsp3) is 0.294. The molecule has 1 N–H and O–H groups in total. The van der Waals surface area contributed by atoms with E-state index >= 15 is 0 Å². The molecular weight excluding hydrogens is 307 g/mol. The monoisotopic (exact) mass is 325 g/mol. The highest BCUT2D eigenvalue weighted by molar-refractivity contribution is 5.30. The molecule has 0 radical (unpaired) electrons. The molecule has 3 nitrogen and oxygen atoms in total. The SMILES string of the molecule is COc1ccc(CNC(C)c2ccc(OC(F)F)cc2)cc1F. The smallest absolute Gasteiger partial charge is 0.387 e. The maximum atomic E-state index is 13.6. The van der Waals surface area contributed by atoms with Crippen LogP contribution in [0.4, 0.5) is 13.2 Å². The van der Waals surface area contributed by atoms with E-state index in [1.165, 1.54) is 25.3 Å². The van der Waals surface area contributed by atoms with Gasteiger partial charge in [-0.3, -0.25) is 0 Å². The largest absolute Gasteiger partial charge is 0.494 e. The molecule has 0 aliphatic rings. The first kappa shape index (κ1) is 17.1. The molecule has 6 heteroatoms. The van der Waals surface area contributed by atoms with Crippen LogP contribution in [0, 0.1) is 5.82 Å². The highest BCUT2D eigenvalue weighted by Crippen LogP contribution is 2.21. The van der Waals surface area contributed by atoms with E-state index in [1.54, 1.807) is 24.3 Å². The Hall–Kier alpha value is -2.21. The molecule has 0 bridgehead atoms. The first-order valence-corrected chi connectivity index (χ1v) is 7.10. The second-order valence-corrected chi connectivity index (χ2v) is 5.02. The standard InChI is InChI=1S/C17H18F3NO2/c1-11(13-4-6-14(7-5-13)23-17(19)20)21-10-12-3-8-16(22-2)15(18)9-12/h3-9,11,17,21H,10H2,1-2H3. The van der Waals surface area contributed by atoms with Crippen molar-refractivity contribution < 1.29 is 22.6 Å². The summed E-state index contributed by atoms with van der Waals surface area (Å²) in [6.45, 7) is -0.429. The molecule has 1 atom stereocenters. The highest BCUT2D eigenvalue weighted by atomic mass is 19.3. The van der Waals surface area contributed by atoms with Gasteiger partial charge in [-0.25, -0.2) is 4.39 Å². The van der Waals surface area contributed by atoms with Crippen LogP contribution in [0.25, 0.3) is 0 Å². The number of hydrogen-bond donors (Lipinski definition) is 1. The molecule has 0 spiro atoms. The highest BCUT2D eigenvalue weighted by Gasteiger charge is 2.09. The summed E-state index contributed by atoms with van der Waals surface area (Å²) in [7, 11) is 1.42. The number of alkyl halides is 2. The molecule has 23 heavy (non-hydrogen) atoms. The fourth-order valence-corrected chi connectivity index (χ4v) is 2.15. The third-order valence-corrected chi connectivity index (χ3v) is 3.43. The molecule has 2 aromatic carbocycles. The van der Waals surface area contributed by atoms with Crippen molar-refractivity contribution in [3.05, 3.63) is 59.4 Å². The van der Waals surface area contributed by atoms with Gasteiger partial charge in [-0.15, -0.1) is 0 Å². The van der Waals surface area contributed by atoms with Gasteiger partial charge >= 0.3 is 6.61 Å². The van der Waals surface area contributed by atoms with Gasteiger partial charge in [0.2, 0.25) is 0 Å². The molecule has 0 aromatic heterocycles. The van der Waals surface area contributed by atoms with Crippen molar-refractivity contribution in [3.8, 4) is 11.5 Å². The lowest BCUT2D eigenvalue weighted by molar-refractivity contribution is -0.0498. The van der Waals surface area contributed by atoms with Gasteiger partial charge in [-0.2, -0.15) is 8.78 Å². The normalized spacial score (nSPS) is 12.3. The molecule has 0 amide bonds. The zero-order valence-electron chi connectivity index (χ0n) is 12.9. The van der Waals surface area contributed by atoms with Gasteiger partial charge in [-0.1, -0.05) is 18.2 Å². The Morgan fingerprint density at radius 1 is 1.09 bits per heavy atom. The molecule has 0 saturated heterocycles. The van der Waals surface area contributed by atoms with Crippen LogP contribution in [0.2, 0.25) is 0 Å². The van der Waals surface area contributed by atoms with Crippen molar-refractivity contribution in [1.82, 2.24) is 5.32 Å². The van der Waals surface area contributed by atoms with Crippen LogP contribution in [-0.4, -0.2) is 13.7 Å². The summed E-state index contributed by atoms with van der Waals surface area (Å²) in [6, 6.07) is 11.2. The van der Waals surface area contributed by atoms with E-state index in [0.717, 1.165) is 11.1 Å². The summed E-state index contributed by atoms with van der Waals surface area (Å²) in [5, 5.41) is 3.24. The second kappa shape index (κ2) is 7.87. The average molecular weight is 325 g/mol. The van der Waals surface area contributed by atoms with E-state index in [1.807, 2.05) is 6.92 Å². The summed E-state index contributed by atoms with van der Waals surface area (Å²) in [4.78, 5) is 0. The maximum absolute atomic E-state index is 13.6. The first-order chi connectivity index (χ1) is 11.0. The lowest BCUT2D eigenvalue weighted by Gasteiger charge is -2.15. The van der Waals surface area contributed by atoms with Crippen LogP contribution >= 0.6 is 0 Å². The summed E-state index contributed by atoms with van der Waals surface area (Å²) < 4.78 is 47.0. The predicted octanol–water partition coefficient (Wildman–Crippen LogP) is 4.29. The fourth-order valence-electron chi connectivity index (χ4n) is 2.15. The number of nitrogens with one attached hydrogen (secondary N) is 1. The Bertz CT molecular complexity index is 632. The Morgan fingerprint density at radius 2 is 1.78 bits per heavy atom. The minimum atomic E-state index is -2.83. The van der Waals surface area contributed by atoms with Crippen molar-refractivity contribution in [1.29, 1.82) is 0 Å². The molecule has 2 aromatic rings. The number of halogens is 3. The van der Waals surface area contributed by atoms with Crippen LogP contribution in [0.1, 0.15) is 24.1 Å². The third kappa shape index (κ3) is 4.89. The van der Waals surface area contributed by atoms with Crippen LogP contribution in [-0.2, 0) is 6.54 Å². The predicted molar refractivity (Wildman–Crippen MR) is 81.3 cm³/mol. The Balaban J connectivity index is 1.93. The van der Waals surface area contributed by atoms with E-state index in [2.05, 4.69) is 10.1 Å². The van der Waals surface area contributed by atoms with Gasteiger partial charge in [0.05, 0.1) is 7.11 Å². The average Bonchev–Trinajstić information content (AvgIpc) is 2.53. The maximum Gasteiger partial charge on any atom is 0.387 e. The number of benzene rings is 2. The van der Waals surface area contributed by atoms with Crippen LogP contribution < -0.4 is 14.8 Å². The topological polar surface area (TPSA) is 30.5 Å². The van der Waals surface area contributed by atoms with Gasteiger partial charge in [0.1, 0.15) is 5.75 Å². The molecule has 124 valence electrons. The minimum absolute atomic E-state index is 0.0271. The van der Waals surface area contributed by atoms with Gasteiger partial charge in [-0.05, 0) is 42.3 Å². The number of methoxy groups -OCH3 is 1. The van der Waals surface area contributed by atoms with Gasteiger partial charge in [0.15, 0.2) is 11.6 Å². The number of ether oxygens (including phenoxy) is 2. The molecule has 1 unspecified atom stereocenters. The number of hydrogen-bond acceptors (Lipinski definition) is 3. The first-order valence-electron chi connectivity index (χ1n) is 7.10. The Morgan fingerprint density at radius 3 is 2.35 bits per heavy atom. The third-order valence-electron chi connectivity index (χ3n) is 3.43. The van der Waals surface area contributed by atoms with Crippen LogP contribution in [0.5, 0.6) is 11.5 Å². The summed E-state index contributed by atoms with van der Waals surface area (Å²) in [5.41, 5.74) is 1.70. The summed E-state index contributed by atoms with van der Waals surface area (Å²) in [6.07, 6.45) is 0. The van der Waals surface area contributed by atoms with E-state index < -0.39 is 12.4 Å². The van der Waals surface area contributed by atoms with E-state index in [-0.39, 0.29) is 17.5 Å². The van der Waals surface area contributed by atoms with Crippen molar-refractivity contribution >= 4 is 0 Å². The molecule has 0 fully saturated rings. The van der Waals surface area contributed by atoms with E-state index in [9.17, 15) is 13.2 Å². The lowest BCUT2D eigenvalue weighted by Crippen LogP contribution is -2.18. The van der Waals surface area contributed by atoms with Crippen molar-refractivity contribution in [3.63, 3.8) is 0 Å². The summed E-state index contributed by atoms with van der Waals surface area (Å²) in [5.74, 6) is -0.0856. The second-order valence-electron chi connectivity index (χ2n) is 5.02.